The summed E-state index contributed by atoms with van der Waals surface area (Å²) in [5.74, 6) is 0. The number of hydrogen-bond donors (Lipinski definition) is 0. The van der Waals surface area contributed by atoms with E-state index in [1.807, 2.05) is 12.1 Å². The average Bonchev–Trinajstić information content (AvgIpc) is 1.59. The molecule has 0 radical (unpaired) electrons. The fraction of sp³-hybridized carbons (Fsp3) is 0. The van der Waals surface area contributed by atoms with Crippen molar-refractivity contribution in [2.24, 2.45) is 0 Å². The number of nitrogens with zero attached hydrogens (tertiary/aromatic N) is 1. The number of rotatable bonds is 0. The fourth-order valence-electron chi connectivity index (χ4n) is 0.436. The summed E-state index contributed by atoms with van der Waals surface area (Å²) >= 11 is 6.70. The maximum absolute atomic E-state index is 4.20. The largest absolute Gasteiger partial charge is 0.236 e. The maximum atomic E-state index is 4.20. The van der Waals surface area contributed by atoms with Crippen molar-refractivity contribution in [3.8, 4) is 0 Å². The Morgan fingerprint density at radius 3 is 1.78 bits per heavy atom. The van der Waals surface area contributed by atoms with Gasteiger partial charge in [-0.3, -0.25) is 0 Å². The van der Waals surface area contributed by atoms with Crippen LogP contribution >= 0.6 is 67.8 Å². The van der Waals surface area contributed by atoms with Gasteiger partial charge in [0, 0.05) is 3.57 Å². The second-order valence-corrected chi connectivity index (χ2v) is 4.89. The van der Waals surface area contributed by atoms with Gasteiger partial charge in [-0.1, -0.05) is 0 Å². The van der Waals surface area contributed by atoms with Crippen LogP contribution < -0.4 is 0 Å². The van der Waals surface area contributed by atoms with Crippen LogP contribution in [0.3, 0.4) is 0 Å². The molecule has 4 heteroatoms. The van der Waals surface area contributed by atoms with Crippen LogP contribution in [0.4, 0.5) is 0 Å². The van der Waals surface area contributed by atoms with Gasteiger partial charge in [-0.2, -0.15) is 0 Å². The molecular formula is C5H2I3N. The third-order valence-corrected chi connectivity index (χ3v) is 2.46. The van der Waals surface area contributed by atoms with E-state index >= 15 is 0 Å². The summed E-state index contributed by atoms with van der Waals surface area (Å²) in [7, 11) is 0. The minimum Gasteiger partial charge on any atom is -0.236 e. The molecule has 0 fully saturated rings. The van der Waals surface area contributed by atoms with Crippen LogP contribution in [-0.4, -0.2) is 4.98 Å². The highest BCUT2D eigenvalue weighted by molar-refractivity contribution is 14.1. The van der Waals surface area contributed by atoms with Gasteiger partial charge in [-0.05, 0) is 79.9 Å². The van der Waals surface area contributed by atoms with Gasteiger partial charge >= 0.3 is 0 Å². The van der Waals surface area contributed by atoms with E-state index in [-0.39, 0.29) is 0 Å². The second kappa shape index (κ2) is 3.65. The van der Waals surface area contributed by atoms with Gasteiger partial charge in [0.15, 0.2) is 0 Å². The van der Waals surface area contributed by atoms with Crippen molar-refractivity contribution in [3.05, 3.63) is 23.1 Å². The van der Waals surface area contributed by atoms with Crippen molar-refractivity contribution in [1.29, 1.82) is 0 Å². The topological polar surface area (TPSA) is 12.9 Å². The molecule has 0 saturated carbocycles. The summed E-state index contributed by atoms with van der Waals surface area (Å²) in [6.07, 6.45) is 0. The normalized spacial score (nSPS) is 9.67. The Labute approximate surface area is 94.4 Å². The summed E-state index contributed by atoms with van der Waals surface area (Å²) in [5.41, 5.74) is 0. The summed E-state index contributed by atoms with van der Waals surface area (Å²) in [4.78, 5) is 4.20. The molecule has 0 aromatic carbocycles. The molecule has 0 amide bonds. The van der Waals surface area contributed by atoms with Crippen LogP contribution in [0.2, 0.25) is 0 Å². The molecule has 1 heterocycles. The molecule has 0 aliphatic carbocycles. The van der Waals surface area contributed by atoms with Crippen LogP contribution in [0.15, 0.2) is 12.1 Å². The first-order valence-corrected chi connectivity index (χ1v) is 5.41. The highest BCUT2D eigenvalue weighted by atomic mass is 127. The molecule has 0 atom stereocenters. The zero-order valence-corrected chi connectivity index (χ0v) is 10.7. The lowest BCUT2D eigenvalue weighted by atomic mass is 10.5. The molecule has 0 aliphatic rings. The smallest absolute Gasteiger partial charge is 0.103 e. The zero-order chi connectivity index (χ0) is 6.85. The minimum atomic E-state index is 1.06. The second-order valence-electron chi connectivity index (χ2n) is 1.43. The lowest BCUT2D eigenvalue weighted by molar-refractivity contribution is 1.21. The third-order valence-electron chi connectivity index (χ3n) is 0.728. The Kier molecular flexibility index (Phi) is 3.42. The van der Waals surface area contributed by atoms with Crippen LogP contribution in [-0.2, 0) is 0 Å². The first-order chi connectivity index (χ1) is 4.18. The summed E-state index contributed by atoms with van der Waals surface area (Å²) in [6, 6.07) is 4.09. The molecule has 0 bridgehead atoms. The van der Waals surface area contributed by atoms with E-state index < -0.39 is 0 Å². The molecule has 0 aliphatic heterocycles. The number of halogens is 3. The molecule has 1 rings (SSSR count). The van der Waals surface area contributed by atoms with Crippen molar-refractivity contribution in [2.75, 3.05) is 0 Å². The van der Waals surface area contributed by atoms with E-state index in [0.717, 1.165) is 7.40 Å². The van der Waals surface area contributed by atoms with Gasteiger partial charge in [-0.25, -0.2) is 4.98 Å². The van der Waals surface area contributed by atoms with Crippen LogP contribution in [0.1, 0.15) is 0 Å². The number of aromatic nitrogens is 1. The molecule has 0 spiro atoms. The average molecular weight is 457 g/mol. The van der Waals surface area contributed by atoms with Gasteiger partial charge in [0.25, 0.3) is 0 Å². The molecule has 0 unspecified atom stereocenters. The van der Waals surface area contributed by atoms with Gasteiger partial charge in [0.2, 0.25) is 0 Å². The monoisotopic (exact) mass is 457 g/mol. The molecule has 48 valence electrons. The fourth-order valence-corrected chi connectivity index (χ4v) is 3.87. The molecule has 1 nitrogen and oxygen atoms in total. The molecule has 1 aromatic heterocycles. The highest BCUT2D eigenvalue weighted by Crippen LogP contribution is 2.11. The Morgan fingerprint density at radius 1 is 1.00 bits per heavy atom. The third kappa shape index (κ3) is 2.83. The van der Waals surface area contributed by atoms with Crippen molar-refractivity contribution in [2.45, 2.75) is 0 Å². The van der Waals surface area contributed by atoms with Crippen LogP contribution in [0.25, 0.3) is 0 Å². The lowest BCUT2D eigenvalue weighted by Crippen LogP contribution is -1.84. The minimum absolute atomic E-state index is 1.06. The van der Waals surface area contributed by atoms with Crippen LogP contribution in [0, 0.1) is 11.0 Å². The molecule has 0 saturated heterocycles. The first-order valence-electron chi connectivity index (χ1n) is 2.17. The Hall–Kier alpha value is 1.34. The molecule has 1 aromatic rings. The molecule has 9 heavy (non-hydrogen) atoms. The standard InChI is InChI=1S/C5H2I3N/c6-3-1-4(7)9-5(8)2-3/h1-2H. The van der Waals surface area contributed by atoms with E-state index in [4.69, 9.17) is 0 Å². The van der Waals surface area contributed by atoms with E-state index in [0.29, 0.717) is 0 Å². The van der Waals surface area contributed by atoms with Crippen molar-refractivity contribution in [3.63, 3.8) is 0 Å². The van der Waals surface area contributed by atoms with Gasteiger partial charge < -0.3 is 0 Å². The van der Waals surface area contributed by atoms with E-state index in [2.05, 4.69) is 72.8 Å². The zero-order valence-electron chi connectivity index (χ0n) is 4.24. The quantitative estimate of drug-likeness (QED) is 0.432. The number of pyridine rings is 1. The lowest BCUT2D eigenvalue weighted by Gasteiger charge is -1.92. The van der Waals surface area contributed by atoms with E-state index in [1.54, 1.807) is 0 Å². The SMILES string of the molecule is Ic1cc(I)nc(I)c1. The molecular weight excluding hydrogens is 455 g/mol. The van der Waals surface area contributed by atoms with Gasteiger partial charge in [0.05, 0.1) is 0 Å². The number of hydrogen-bond acceptors (Lipinski definition) is 1. The predicted molar refractivity (Wildman–Crippen MR) is 62.4 cm³/mol. The Bertz CT molecular complexity index is 173. The van der Waals surface area contributed by atoms with Gasteiger partial charge in [-0.15, -0.1) is 0 Å². The summed E-state index contributed by atoms with van der Waals surface area (Å²) in [6.45, 7) is 0. The van der Waals surface area contributed by atoms with Crippen LogP contribution in [0.5, 0.6) is 0 Å². The summed E-state index contributed by atoms with van der Waals surface area (Å²) in [5, 5.41) is 0. The first kappa shape index (κ1) is 8.44. The molecule has 0 N–H and O–H groups in total. The van der Waals surface area contributed by atoms with Crippen molar-refractivity contribution < 1.29 is 0 Å². The predicted octanol–water partition coefficient (Wildman–Crippen LogP) is 2.90. The van der Waals surface area contributed by atoms with Crippen molar-refractivity contribution >= 4 is 67.8 Å². The van der Waals surface area contributed by atoms with E-state index in [9.17, 15) is 0 Å². The van der Waals surface area contributed by atoms with Crippen molar-refractivity contribution in [1.82, 2.24) is 4.98 Å². The Morgan fingerprint density at radius 2 is 1.44 bits per heavy atom. The maximum Gasteiger partial charge on any atom is 0.103 e. The van der Waals surface area contributed by atoms with Gasteiger partial charge in [0.1, 0.15) is 7.40 Å². The Balaban J connectivity index is 3.17. The summed E-state index contributed by atoms with van der Waals surface area (Å²) < 4.78 is 3.36. The van der Waals surface area contributed by atoms with E-state index in [1.165, 1.54) is 3.57 Å². The highest BCUT2D eigenvalue weighted by Gasteiger charge is 1.92.